The largest absolute Gasteiger partial charge is 0.288 e. The summed E-state index contributed by atoms with van der Waals surface area (Å²) in [5.41, 5.74) is 0. The lowest BCUT2D eigenvalue weighted by Gasteiger charge is -2.06. The lowest BCUT2D eigenvalue weighted by atomic mass is 10.3. The van der Waals surface area contributed by atoms with Gasteiger partial charge in [-0.3, -0.25) is 4.90 Å². The fourth-order valence-corrected chi connectivity index (χ4v) is 1.03. The van der Waals surface area contributed by atoms with Crippen LogP contribution in [0.2, 0.25) is 0 Å². The molecule has 1 unspecified atom stereocenters. The number of alkyl halides is 1. The van der Waals surface area contributed by atoms with E-state index in [1.54, 1.807) is 0 Å². The van der Waals surface area contributed by atoms with Crippen molar-refractivity contribution in [3.63, 3.8) is 0 Å². The topological polar surface area (TPSA) is 27.0 Å². The maximum Gasteiger partial charge on any atom is 0.114 e. The second-order valence-electron chi connectivity index (χ2n) is 2.28. The highest BCUT2D eigenvalue weighted by atomic mass is 19.1. The van der Waals surface area contributed by atoms with Crippen molar-refractivity contribution in [2.24, 2.45) is 0 Å². The highest BCUT2D eigenvalue weighted by Gasteiger charge is 2.20. The van der Waals surface area contributed by atoms with Crippen LogP contribution in [0.5, 0.6) is 0 Å². The Balaban J connectivity index is 2.24. The summed E-state index contributed by atoms with van der Waals surface area (Å²) in [6.07, 6.45) is -0.0971. The first-order chi connectivity index (χ1) is 4.33. The molecule has 0 spiro atoms. The zero-order valence-corrected chi connectivity index (χ0v) is 5.18. The molecule has 1 heterocycles. The number of hydrogen-bond donors (Lipinski definition) is 0. The van der Waals surface area contributed by atoms with Crippen LogP contribution in [0.3, 0.4) is 0 Å². The minimum absolute atomic E-state index is 0.375. The third-order valence-electron chi connectivity index (χ3n) is 1.51. The molecule has 1 fully saturated rings. The molecule has 1 aliphatic rings. The molecule has 0 aromatic heterocycles. The Morgan fingerprint density at radius 1 is 1.78 bits per heavy atom. The monoisotopic (exact) mass is 128 g/mol. The summed E-state index contributed by atoms with van der Waals surface area (Å²) in [6, 6.07) is 1.99. The average Bonchev–Trinajstić information content (AvgIpc) is 2.17. The van der Waals surface area contributed by atoms with Crippen molar-refractivity contribution >= 4 is 0 Å². The molecule has 1 saturated heterocycles. The number of nitriles is 1. The molecule has 50 valence electrons. The molecule has 0 N–H and O–H groups in total. The fraction of sp³-hybridized carbons (Fsp3) is 0.833. The normalized spacial score (nSPS) is 28.2. The Morgan fingerprint density at radius 2 is 2.56 bits per heavy atom. The molecule has 1 aliphatic heterocycles. The first kappa shape index (κ1) is 6.50. The predicted molar refractivity (Wildman–Crippen MR) is 31.6 cm³/mol. The van der Waals surface area contributed by atoms with E-state index < -0.39 is 6.17 Å². The van der Waals surface area contributed by atoms with E-state index in [9.17, 15) is 4.39 Å². The van der Waals surface area contributed by atoms with E-state index in [0.717, 1.165) is 6.54 Å². The number of rotatable bonds is 1. The van der Waals surface area contributed by atoms with Gasteiger partial charge < -0.3 is 0 Å². The Kier molecular flexibility index (Phi) is 2.01. The molecule has 1 atom stereocenters. The van der Waals surface area contributed by atoms with Gasteiger partial charge in [0.05, 0.1) is 12.6 Å². The molecule has 0 bridgehead atoms. The van der Waals surface area contributed by atoms with E-state index in [0.29, 0.717) is 19.5 Å². The van der Waals surface area contributed by atoms with Gasteiger partial charge >= 0.3 is 0 Å². The van der Waals surface area contributed by atoms with Crippen LogP contribution in [-0.2, 0) is 0 Å². The zero-order chi connectivity index (χ0) is 6.69. The molecule has 0 amide bonds. The van der Waals surface area contributed by atoms with Gasteiger partial charge in [-0.25, -0.2) is 4.39 Å². The van der Waals surface area contributed by atoms with Crippen molar-refractivity contribution in [2.45, 2.75) is 12.6 Å². The Bertz CT molecular complexity index is 130. The molecule has 1 rings (SSSR count). The van der Waals surface area contributed by atoms with Crippen LogP contribution in [-0.4, -0.2) is 30.7 Å². The zero-order valence-electron chi connectivity index (χ0n) is 5.18. The Hall–Kier alpha value is -0.620. The molecular formula is C6H9FN2. The van der Waals surface area contributed by atoms with Gasteiger partial charge in [-0.15, -0.1) is 0 Å². The predicted octanol–water partition coefficient (Wildman–Crippen LogP) is 0.554. The quantitative estimate of drug-likeness (QED) is 0.482. The van der Waals surface area contributed by atoms with Crippen molar-refractivity contribution in [1.29, 1.82) is 5.26 Å². The van der Waals surface area contributed by atoms with Crippen molar-refractivity contribution in [3.8, 4) is 6.07 Å². The third-order valence-corrected chi connectivity index (χ3v) is 1.51. The first-order valence-electron chi connectivity index (χ1n) is 3.06. The fourth-order valence-electron chi connectivity index (χ4n) is 1.03. The maximum absolute atomic E-state index is 12.3. The van der Waals surface area contributed by atoms with Gasteiger partial charge in [-0.1, -0.05) is 0 Å². The number of halogens is 1. The van der Waals surface area contributed by atoms with E-state index in [-0.39, 0.29) is 0 Å². The standard InChI is InChI=1S/C6H9FN2/c7-6-1-3-9(5-6)4-2-8/h6H,1,3-5H2. The lowest BCUT2D eigenvalue weighted by molar-refractivity contribution is 0.308. The Morgan fingerprint density at radius 3 is 3.00 bits per heavy atom. The van der Waals surface area contributed by atoms with E-state index in [2.05, 4.69) is 0 Å². The molecule has 0 aromatic carbocycles. The van der Waals surface area contributed by atoms with Gasteiger partial charge in [0.1, 0.15) is 6.17 Å². The van der Waals surface area contributed by atoms with Crippen molar-refractivity contribution < 1.29 is 4.39 Å². The van der Waals surface area contributed by atoms with Crippen LogP contribution >= 0.6 is 0 Å². The smallest absolute Gasteiger partial charge is 0.114 e. The highest BCUT2D eigenvalue weighted by molar-refractivity contribution is 4.82. The highest BCUT2D eigenvalue weighted by Crippen LogP contribution is 2.10. The maximum atomic E-state index is 12.3. The van der Waals surface area contributed by atoms with Gasteiger partial charge in [0.2, 0.25) is 0 Å². The van der Waals surface area contributed by atoms with Crippen LogP contribution in [0.25, 0.3) is 0 Å². The second kappa shape index (κ2) is 2.79. The molecule has 0 radical (unpaired) electrons. The number of nitrogens with zero attached hydrogens (tertiary/aromatic N) is 2. The van der Waals surface area contributed by atoms with Crippen molar-refractivity contribution in [2.75, 3.05) is 19.6 Å². The molecule has 0 aromatic rings. The summed E-state index contributed by atoms with van der Waals surface area (Å²) in [5, 5.41) is 8.20. The second-order valence-corrected chi connectivity index (χ2v) is 2.28. The van der Waals surface area contributed by atoms with Crippen LogP contribution in [0.1, 0.15) is 6.42 Å². The van der Waals surface area contributed by atoms with Crippen molar-refractivity contribution in [3.05, 3.63) is 0 Å². The third kappa shape index (κ3) is 1.65. The molecule has 0 aliphatic carbocycles. The molecule has 2 nitrogen and oxygen atoms in total. The molecule has 9 heavy (non-hydrogen) atoms. The minimum Gasteiger partial charge on any atom is -0.288 e. The van der Waals surface area contributed by atoms with Crippen LogP contribution in [0, 0.1) is 11.3 Å². The van der Waals surface area contributed by atoms with Crippen molar-refractivity contribution in [1.82, 2.24) is 4.90 Å². The summed E-state index contributed by atoms with van der Waals surface area (Å²) in [7, 11) is 0. The van der Waals surface area contributed by atoms with Gasteiger partial charge in [0, 0.05) is 13.1 Å². The van der Waals surface area contributed by atoms with Gasteiger partial charge in [-0.2, -0.15) is 5.26 Å². The summed E-state index contributed by atoms with van der Waals surface area (Å²) in [4.78, 5) is 1.82. The lowest BCUT2D eigenvalue weighted by Crippen LogP contribution is -2.20. The summed E-state index contributed by atoms with van der Waals surface area (Å²) < 4.78 is 12.3. The van der Waals surface area contributed by atoms with Gasteiger partial charge in [0.25, 0.3) is 0 Å². The molecule has 3 heteroatoms. The minimum atomic E-state index is -0.696. The van der Waals surface area contributed by atoms with E-state index in [1.807, 2.05) is 11.0 Å². The molecular weight excluding hydrogens is 119 g/mol. The average molecular weight is 128 g/mol. The summed E-state index contributed by atoms with van der Waals surface area (Å²) in [6.45, 7) is 1.57. The van der Waals surface area contributed by atoms with E-state index in [4.69, 9.17) is 5.26 Å². The van der Waals surface area contributed by atoms with Crippen LogP contribution < -0.4 is 0 Å². The SMILES string of the molecule is N#CCN1CCC(F)C1. The van der Waals surface area contributed by atoms with E-state index >= 15 is 0 Å². The summed E-state index contributed by atoms with van der Waals surface area (Å²) >= 11 is 0. The first-order valence-corrected chi connectivity index (χ1v) is 3.06. The van der Waals surface area contributed by atoms with E-state index in [1.165, 1.54) is 0 Å². The van der Waals surface area contributed by atoms with Gasteiger partial charge in [-0.05, 0) is 6.42 Å². The van der Waals surface area contributed by atoms with Crippen LogP contribution in [0.4, 0.5) is 4.39 Å². The van der Waals surface area contributed by atoms with Gasteiger partial charge in [0.15, 0.2) is 0 Å². The Labute approximate surface area is 53.9 Å². The number of hydrogen-bond acceptors (Lipinski definition) is 2. The van der Waals surface area contributed by atoms with Crippen LogP contribution in [0.15, 0.2) is 0 Å². The number of likely N-dealkylation sites (tertiary alicyclic amines) is 1. The molecule has 0 saturated carbocycles. The summed E-state index contributed by atoms with van der Waals surface area (Å²) in [5.74, 6) is 0.